The molecule has 1 heterocycles. The first-order valence-electron chi connectivity index (χ1n) is 8.99. The number of carbonyl (C=O) groups excluding carboxylic acids is 1. The van der Waals surface area contributed by atoms with Crippen LogP contribution in [0.15, 0.2) is 29.4 Å². The van der Waals surface area contributed by atoms with Crippen LogP contribution in [0.25, 0.3) is 11.4 Å². The lowest BCUT2D eigenvalue weighted by Crippen LogP contribution is -2.35. The van der Waals surface area contributed by atoms with Gasteiger partial charge in [-0.3, -0.25) is 4.79 Å². The Hall–Kier alpha value is -2.02. The molecule has 1 atom stereocenters. The number of carbonyl (C=O) groups is 1. The smallest absolute Gasteiger partial charge is 0.230 e. The second kappa shape index (κ2) is 7.31. The highest BCUT2D eigenvalue weighted by molar-refractivity contribution is 7.99. The fourth-order valence-electron chi connectivity index (χ4n) is 2.83. The van der Waals surface area contributed by atoms with Crippen molar-refractivity contribution in [2.45, 2.75) is 57.1 Å². The van der Waals surface area contributed by atoms with Gasteiger partial charge in [0.2, 0.25) is 11.1 Å². The molecule has 140 valence electrons. The average molecular weight is 374 g/mol. The molecule has 0 aliphatic heterocycles. The molecule has 1 saturated carbocycles. The van der Waals surface area contributed by atoms with E-state index in [9.17, 15) is 4.79 Å². The molecule has 1 aromatic carbocycles. The molecule has 1 amide bonds. The van der Waals surface area contributed by atoms with Crippen molar-refractivity contribution in [2.75, 3.05) is 11.6 Å². The fourth-order valence-corrected chi connectivity index (χ4v) is 3.50. The van der Waals surface area contributed by atoms with E-state index in [0.29, 0.717) is 16.9 Å². The SMILES string of the molecule is C[C@H](NC(=O)CSc1nnc(-c2ccc(C(C)(C)C)cc2)n1N)C1CC1. The third-order valence-electron chi connectivity index (χ3n) is 4.72. The van der Waals surface area contributed by atoms with Crippen molar-refractivity contribution in [3.63, 3.8) is 0 Å². The van der Waals surface area contributed by atoms with E-state index in [1.165, 1.54) is 34.8 Å². The molecule has 26 heavy (non-hydrogen) atoms. The van der Waals surface area contributed by atoms with E-state index in [-0.39, 0.29) is 23.1 Å². The third-order valence-corrected chi connectivity index (χ3v) is 5.67. The van der Waals surface area contributed by atoms with Gasteiger partial charge in [-0.15, -0.1) is 10.2 Å². The number of amides is 1. The number of benzene rings is 1. The number of nitrogens with zero attached hydrogens (tertiary/aromatic N) is 3. The number of rotatable bonds is 6. The number of thioether (sulfide) groups is 1. The maximum absolute atomic E-state index is 12.0. The molecule has 0 spiro atoms. The number of hydrogen-bond acceptors (Lipinski definition) is 5. The summed E-state index contributed by atoms with van der Waals surface area (Å²) >= 11 is 1.30. The topological polar surface area (TPSA) is 85.8 Å². The van der Waals surface area contributed by atoms with Crippen molar-refractivity contribution in [1.29, 1.82) is 0 Å². The van der Waals surface area contributed by atoms with E-state index < -0.39 is 0 Å². The van der Waals surface area contributed by atoms with Crippen LogP contribution in [0.4, 0.5) is 0 Å². The molecule has 1 aliphatic carbocycles. The Balaban J connectivity index is 1.63. The highest BCUT2D eigenvalue weighted by Crippen LogP contribution is 2.32. The highest BCUT2D eigenvalue weighted by Gasteiger charge is 2.28. The summed E-state index contributed by atoms with van der Waals surface area (Å²) in [6.07, 6.45) is 2.42. The summed E-state index contributed by atoms with van der Waals surface area (Å²) in [5.41, 5.74) is 2.26. The average Bonchev–Trinajstić information content (AvgIpc) is 3.36. The van der Waals surface area contributed by atoms with E-state index >= 15 is 0 Å². The lowest BCUT2D eigenvalue weighted by molar-refractivity contribution is -0.119. The second-order valence-electron chi connectivity index (χ2n) is 7.99. The summed E-state index contributed by atoms with van der Waals surface area (Å²) in [6.45, 7) is 8.59. The van der Waals surface area contributed by atoms with Crippen molar-refractivity contribution in [3.05, 3.63) is 29.8 Å². The quantitative estimate of drug-likeness (QED) is 0.600. The molecule has 1 aliphatic rings. The van der Waals surface area contributed by atoms with Gasteiger partial charge in [-0.05, 0) is 36.7 Å². The van der Waals surface area contributed by atoms with Crippen LogP contribution in [0, 0.1) is 5.92 Å². The molecule has 0 unspecified atom stereocenters. The molecular weight excluding hydrogens is 346 g/mol. The number of aromatic nitrogens is 3. The third kappa shape index (κ3) is 4.38. The zero-order chi connectivity index (χ0) is 18.9. The Labute approximate surface area is 158 Å². The van der Waals surface area contributed by atoms with E-state index in [2.05, 4.69) is 55.3 Å². The number of hydrogen-bond donors (Lipinski definition) is 2. The maximum Gasteiger partial charge on any atom is 0.230 e. The van der Waals surface area contributed by atoms with Crippen molar-refractivity contribution in [1.82, 2.24) is 20.2 Å². The first-order valence-corrected chi connectivity index (χ1v) is 9.98. The van der Waals surface area contributed by atoms with Crippen LogP contribution in [0.1, 0.15) is 46.1 Å². The zero-order valence-corrected chi connectivity index (χ0v) is 16.6. The minimum atomic E-state index is 0.00785. The van der Waals surface area contributed by atoms with E-state index in [1.54, 1.807) is 0 Å². The van der Waals surface area contributed by atoms with Crippen LogP contribution in [0.2, 0.25) is 0 Å². The first-order chi connectivity index (χ1) is 12.3. The Morgan fingerprint density at radius 3 is 2.54 bits per heavy atom. The predicted octanol–water partition coefficient (Wildman–Crippen LogP) is 2.96. The van der Waals surface area contributed by atoms with E-state index in [0.717, 1.165) is 5.56 Å². The van der Waals surface area contributed by atoms with Gasteiger partial charge in [0.05, 0.1) is 5.75 Å². The van der Waals surface area contributed by atoms with Crippen molar-refractivity contribution < 1.29 is 4.79 Å². The normalized spacial score (nSPS) is 15.7. The van der Waals surface area contributed by atoms with Crippen LogP contribution < -0.4 is 11.2 Å². The summed E-state index contributed by atoms with van der Waals surface area (Å²) in [4.78, 5) is 12.0. The molecular formula is C19H27N5OS. The predicted molar refractivity (Wildman–Crippen MR) is 105 cm³/mol. The first kappa shape index (κ1) is 18.8. The molecule has 0 radical (unpaired) electrons. The summed E-state index contributed by atoms with van der Waals surface area (Å²) in [7, 11) is 0. The minimum Gasteiger partial charge on any atom is -0.353 e. The van der Waals surface area contributed by atoms with Gasteiger partial charge < -0.3 is 11.2 Å². The monoisotopic (exact) mass is 373 g/mol. The lowest BCUT2D eigenvalue weighted by Gasteiger charge is -2.19. The fraction of sp³-hybridized carbons (Fsp3) is 0.526. The lowest BCUT2D eigenvalue weighted by atomic mass is 9.87. The van der Waals surface area contributed by atoms with Crippen molar-refractivity contribution in [3.8, 4) is 11.4 Å². The number of nitrogens with one attached hydrogen (secondary N) is 1. The van der Waals surface area contributed by atoms with E-state index in [1.807, 2.05) is 12.1 Å². The van der Waals surface area contributed by atoms with Gasteiger partial charge in [0.1, 0.15) is 0 Å². The van der Waals surface area contributed by atoms with E-state index in [4.69, 9.17) is 5.84 Å². The Morgan fingerprint density at radius 2 is 1.96 bits per heavy atom. The Bertz CT molecular complexity index is 774. The van der Waals surface area contributed by atoms with Gasteiger partial charge in [-0.1, -0.05) is 56.8 Å². The molecule has 3 rings (SSSR count). The molecule has 0 bridgehead atoms. The summed E-state index contributed by atoms with van der Waals surface area (Å²) in [5.74, 6) is 7.68. The summed E-state index contributed by atoms with van der Waals surface area (Å²) < 4.78 is 1.45. The molecule has 1 aromatic heterocycles. The van der Waals surface area contributed by atoms with Gasteiger partial charge >= 0.3 is 0 Å². The van der Waals surface area contributed by atoms with Crippen LogP contribution in [0.3, 0.4) is 0 Å². The number of nitrogens with two attached hydrogens (primary N) is 1. The Kier molecular flexibility index (Phi) is 5.27. The highest BCUT2D eigenvalue weighted by atomic mass is 32.2. The molecule has 7 heteroatoms. The maximum atomic E-state index is 12.0. The second-order valence-corrected chi connectivity index (χ2v) is 8.93. The summed E-state index contributed by atoms with van der Waals surface area (Å²) in [5, 5.41) is 11.9. The van der Waals surface area contributed by atoms with Crippen LogP contribution in [-0.2, 0) is 10.2 Å². The van der Waals surface area contributed by atoms with Gasteiger partial charge in [0.25, 0.3) is 0 Å². The van der Waals surface area contributed by atoms with Gasteiger partial charge in [-0.25, -0.2) is 4.68 Å². The largest absolute Gasteiger partial charge is 0.353 e. The zero-order valence-electron chi connectivity index (χ0n) is 15.8. The van der Waals surface area contributed by atoms with Crippen molar-refractivity contribution in [2.24, 2.45) is 5.92 Å². The minimum absolute atomic E-state index is 0.00785. The standard InChI is InChI=1S/C19H27N5OS/c1-12(13-5-6-13)21-16(25)11-26-18-23-22-17(24(18)20)14-7-9-15(10-8-14)19(2,3)4/h7-10,12-13H,5-6,11,20H2,1-4H3,(H,21,25)/t12-/m0/s1. The molecule has 1 fully saturated rings. The molecule has 2 aromatic rings. The molecule has 3 N–H and O–H groups in total. The van der Waals surface area contributed by atoms with Crippen molar-refractivity contribution >= 4 is 17.7 Å². The van der Waals surface area contributed by atoms with Crippen LogP contribution in [-0.4, -0.2) is 32.6 Å². The molecule has 0 saturated heterocycles. The number of nitrogen functional groups attached to an aromatic ring is 1. The summed E-state index contributed by atoms with van der Waals surface area (Å²) in [6, 6.07) is 8.43. The van der Waals surface area contributed by atoms with Gasteiger partial charge in [-0.2, -0.15) is 0 Å². The Morgan fingerprint density at radius 1 is 1.31 bits per heavy atom. The van der Waals surface area contributed by atoms with Crippen LogP contribution >= 0.6 is 11.8 Å². The van der Waals surface area contributed by atoms with Gasteiger partial charge in [0.15, 0.2) is 5.82 Å². The molecule has 6 nitrogen and oxygen atoms in total. The van der Waals surface area contributed by atoms with Gasteiger partial charge in [0, 0.05) is 11.6 Å². The van der Waals surface area contributed by atoms with Crippen LogP contribution in [0.5, 0.6) is 0 Å².